The minimum absolute atomic E-state index is 0.0116. The van der Waals surface area contributed by atoms with Crippen LogP contribution in [0.5, 0.6) is 0 Å². The van der Waals surface area contributed by atoms with Gasteiger partial charge in [0.25, 0.3) is 5.91 Å². The quantitative estimate of drug-likeness (QED) is 0.748. The second kappa shape index (κ2) is 7.46. The molecule has 2 aromatic rings. The van der Waals surface area contributed by atoms with E-state index in [4.69, 9.17) is 0 Å². The van der Waals surface area contributed by atoms with Gasteiger partial charge in [-0.1, -0.05) is 12.8 Å². The van der Waals surface area contributed by atoms with Crippen LogP contribution in [0.2, 0.25) is 0 Å². The number of hydrogen-bond acceptors (Lipinski definition) is 3. The van der Waals surface area contributed by atoms with E-state index in [1.807, 2.05) is 4.90 Å². The third kappa shape index (κ3) is 3.84. The number of nitrogens with zero attached hydrogens (tertiary/aromatic N) is 2. The van der Waals surface area contributed by atoms with Gasteiger partial charge in [0.15, 0.2) is 0 Å². The molecule has 8 nitrogen and oxygen atoms in total. The number of imidazole rings is 1. The van der Waals surface area contributed by atoms with E-state index >= 15 is 0 Å². The number of aromatic amines is 2. The summed E-state index contributed by atoms with van der Waals surface area (Å²) in [4.78, 5) is 45.7. The van der Waals surface area contributed by atoms with E-state index in [0.717, 1.165) is 19.3 Å². The smallest absolute Gasteiger partial charge is 0.323 e. The van der Waals surface area contributed by atoms with Crippen LogP contribution < -0.4 is 11.0 Å². The predicted octanol–water partition coefficient (Wildman–Crippen LogP) is 1.66. The van der Waals surface area contributed by atoms with Crippen molar-refractivity contribution in [1.29, 1.82) is 0 Å². The topological polar surface area (TPSA) is 101 Å². The number of urea groups is 1. The lowest BCUT2D eigenvalue weighted by molar-refractivity contribution is 0.0762. The summed E-state index contributed by atoms with van der Waals surface area (Å²) in [6.07, 6.45) is 5.25. The number of carbonyl (C=O) groups is 2. The van der Waals surface area contributed by atoms with E-state index in [1.165, 1.54) is 12.8 Å². The normalized spacial score (nSPS) is 18.7. The maximum atomic E-state index is 12.9. The van der Waals surface area contributed by atoms with Crippen LogP contribution in [0.25, 0.3) is 11.0 Å². The lowest BCUT2D eigenvalue weighted by atomic mass is 10.1. The maximum absolute atomic E-state index is 12.9. The highest BCUT2D eigenvalue weighted by molar-refractivity contribution is 5.97. The molecule has 1 aromatic heterocycles. The molecule has 0 bridgehead atoms. The Bertz CT molecular complexity index is 896. The monoisotopic (exact) mass is 371 g/mol. The fourth-order valence-electron chi connectivity index (χ4n) is 4.01. The van der Waals surface area contributed by atoms with Gasteiger partial charge >= 0.3 is 11.7 Å². The molecule has 1 saturated heterocycles. The van der Waals surface area contributed by atoms with Gasteiger partial charge in [0.1, 0.15) is 0 Å². The molecule has 2 fully saturated rings. The van der Waals surface area contributed by atoms with Gasteiger partial charge in [-0.3, -0.25) is 4.79 Å². The van der Waals surface area contributed by atoms with Crippen LogP contribution in [-0.4, -0.2) is 63.9 Å². The van der Waals surface area contributed by atoms with Crippen molar-refractivity contribution in [3.05, 3.63) is 34.2 Å². The van der Waals surface area contributed by atoms with Gasteiger partial charge in [-0.05, 0) is 37.5 Å². The molecule has 0 unspecified atom stereocenters. The van der Waals surface area contributed by atoms with Gasteiger partial charge in [0.05, 0.1) is 11.0 Å². The first-order valence-electron chi connectivity index (χ1n) is 9.67. The Kier molecular flexibility index (Phi) is 4.87. The minimum atomic E-state index is -0.284. The zero-order valence-corrected chi connectivity index (χ0v) is 15.3. The first-order valence-corrected chi connectivity index (χ1v) is 9.67. The molecule has 8 heteroatoms. The van der Waals surface area contributed by atoms with Gasteiger partial charge in [-0.25, -0.2) is 9.59 Å². The Hall–Kier alpha value is -2.77. The van der Waals surface area contributed by atoms with Crippen LogP contribution in [0.15, 0.2) is 23.0 Å². The number of benzene rings is 1. The Morgan fingerprint density at radius 3 is 2.44 bits per heavy atom. The van der Waals surface area contributed by atoms with Crippen molar-refractivity contribution in [2.24, 2.45) is 0 Å². The van der Waals surface area contributed by atoms with Crippen LogP contribution in [0.3, 0.4) is 0 Å². The molecule has 0 spiro atoms. The van der Waals surface area contributed by atoms with Crippen molar-refractivity contribution < 1.29 is 9.59 Å². The Labute approximate surface area is 156 Å². The highest BCUT2D eigenvalue weighted by Gasteiger charge is 2.25. The van der Waals surface area contributed by atoms with Crippen molar-refractivity contribution in [3.63, 3.8) is 0 Å². The summed E-state index contributed by atoms with van der Waals surface area (Å²) >= 11 is 0. The Morgan fingerprint density at radius 1 is 0.926 bits per heavy atom. The minimum Gasteiger partial charge on any atom is -0.337 e. The van der Waals surface area contributed by atoms with Crippen LogP contribution in [-0.2, 0) is 0 Å². The lowest BCUT2D eigenvalue weighted by Crippen LogP contribution is -2.45. The molecule has 2 aliphatic rings. The molecule has 1 aliphatic heterocycles. The zero-order valence-electron chi connectivity index (χ0n) is 15.3. The number of aromatic nitrogens is 2. The number of nitrogens with one attached hydrogen (secondary N) is 3. The number of H-pyrrole nitrogens is 2. The van der Waals surface area contributed by atoms with Crippen molar-refractivity contribution >= 4 is 23.0 Å². The van der Waals surface area contributed by atoms with E-state index in [1.54, 1.807) is 23.1 Å². The van der Waals surface area contributed by atoms with Crippen molar-refractivity contribution in [2.75, 3.05) is 26.2 Å². The molecule has 2 heterocycles. The number of carbonyl (C=O) groups excluding carboxylic acids is 2. The average Bonchev–Trinajstić information content (AvgIpc) is 3.21. The molecule has 0 atom stereocenters. The fraction of sp³-hybridized carbons (Fsp3) is 0.526. The highest BCUT2D eigenvalue weighted by atomic mass is 16.2. The van der Waals surface area contributed by atoms with E-state index in [-0.39, 0.29) is 17.6 Å². The largest absolute Gasteiger partial charge is 0.337 e. The lowest BCUT2D eigenvalue weighted by Gasteiger charge is -2.24. The van der Waals surface area contributed by atoms with Gasteiger partial charge in [-0.2, -0.15) is 0 Å². The summed E-state index contributed by atoms with van der Waals surface area (Å²) in [5.41, 5.74) is 1.57. The second-order valence-electron chi connectivity index (χ2n) is 7.40. The molecular formula is C19H25N5O3. The Morgan fingerprint density at radius 2 is 1.63 bits per heavy atom. The van der Waals surface area contributed by atoms with Gasteiger partial charge in [0.2, 0.25) is 0 Å². The van der Waals surface area contributed by atoms with Gasteiger partial charge in [0, 0.05) is 37.8 Å². The third-order valence-corrected chi connectivity index (χ3v) is 5.52. The summed E-state index contributed by atoms with van der Waals surface area (Å²) in [5.74, 6) is -0.0722. The van der Waals surface area contributed by atoms with Crippen molar-refractivity contribution in [3.8, 4) is 0 Å². The molecule has 1 aromatic carbocycles. The molecule has 3 amide bonds. The fourth-order valence-corrected chi connectivity index (χ4v) is 4.01. The molecule has 144 valence electrons. The molecule has 27 heavy (non-hydrogen) atoms. The first kappa shape index (κ1) is 17.6. The standard InChI is InChI=1S/C19H25N5O3/c25-17(13-6-7-15-16(12-13)22-18(26)21-15)23-8-3-9-24(11-10-23)19(27)20-14-4-1-2-5-14/h6-7,12,14H,1-5,8-11H2,(H,20,27)(H2,21,22,26). The van der Waals surface area contributed by atoms with Crippen LogP contribution >= 0.6 is 0 Å². The summed E-state index contributed by atoms with van der Waals surface area (Å²) in [6, 6.07) is 5.45. The Balaban J connectivity index is 1.39. The van der Waals surface area contributed by atoms with E-state index in [9.17, 15) is 14.4 Å². The molecule has 4 rings (SSSR count). The maximum Gasteiger partial charge on any atom is 0.323 e. The SMILES string of the molecule is O=C(NC1CCCC1)N1CCCN(C(=O)c2ccc3[nH]c(=O)[nH]c3c2)CC1. The third-order valence-electron chi connectivity index (χ3n) is 5.52. The molecule has 0 radical (unpaired) electrons. The zero-order chi connectivity index (χ0) is 18.8. The van der Waals surface area contributed by atoms with Crippen molar-refractivity contribution in [1.82, 2.24) is 25.1 Å². The van der Waals surface area contributed by atoms with E-state index < -0.39 is 0 Å². The van der Waals surface area contributed by atoms with Gasteiger partial charge < -0.3 is 25.1 Å². The highest BCUT2D eigenvalue weighted by Crippen LogP contribution is 2.18. The molecule has 1 saturated carbocycles. The van der Waals surface area contributed by atoms with E-state index in [2.05, 4.69) is 15.3 Å². The number of amides is 3. The summed E-state index contributed by atoms with van der Waals surface area (Å²) in [5, 5.41) is 3.12. The predicted molar refractivity (Wildman–Crippen MR) is 102 cm³/mol. The number of rotatable bonds is 2. The second-order valence-corrected chi connectivity index (χ2v) is 7.40. The number of hydrogen-bond donors (Lipinski definition) is 3. The van der Waals surface area contributed by atoms with Crippen LogP contribution in [0, 0.1) is 0 Å². The first-order chi connectivity index (χ1) is 13.1. The van der Waals surface area contributed by atoms with E-state index in [0.29, 0.717) is 48.8 Å². The molecule has 3 N–H and O–H groups in total. The summed E-state index contributed by atoms with van der Waals surface area (Å²) in [6.45, 7) is 2.33. The number of fused-ring (bicyclic) bond motifs is 1. The average molecular weight is 371 g/mol. The molecular weight excluding hydrogens is 346 g/mol. The molecule has 1 aliphatic carbocycles. The summed E-state index contributed by atoms with van der Waals surface area (Å²) < 4.78 is 0. The van der Waals surface area contributed by atoms with Crippen molar-refractivity contribution in [2.45, 2.75) is 38.1 Å². The van der Waals surface area contributed by atoms with Crippen LogP contribution in [0.1, 0.15) is 42.5 Å². The van der Waals surface area contributed by atoms with Crippen LogP contribution in [0.4, 0.5) is 4.79 Å². The summed E-state index contributed by atoms with van der Waals surface area (Å²) in [7, 11) is 0. The van der Waals surface area contributed by atoms with Gasteiger partial charge in [-0.15, -0.1) is 0 Å².